The van der Waals surface area contributed by atoms with Crippen molar-refractivity contribution >= 4 is 23.5 Å². The number of carbonyl (C=O) groups is 3. The van der Waals surface area contributed by atoms with E-state index >= 15 is 0 Å². The zero-order valence-corrected chi connectivity index (χ0v) is 16.4. The van der Waals surface area contributed by atoms with Crippen molar-refractivity contribution in [1.29, 1.82) is 0 Å². The number of nitrogens with zero attached hydrogens (tertiary/aromatic N) is 1. The molecule has 0 heterocycles. The Hall–Kier alpha value is -3.35. The molecular formula is C21H24N2O5. The lowest BCUT2D eigenvalue weighted by atomic mass is 10.2. The first-order valence-electron chi connectivity index (χ1n) is 8.76. The van der Waals surface area contributed by atoms with E-state index in [1.165, 1.54) is 19.1 Å². The Morgan fingerprint density at radius 3 is 2.21 bits per heavy atom. The first kappa shape index (κ1) is 21.0. The van der Waals surface area contributed by atoms with E-state index in [1.54, 1.807) is 43.3 Å². The van der Waals surface area contributed by atoms with Crippen molar-refractivity contribution in [2.45, 2.75) is 20.0 Å². The molecule has 0 bridgehead atoms. The predicted octanol–water partition coefficient (Wildman–Crippen LogP) is 2.65. The molecule has 0 aliphatic heterocycles. The summed E-state index contributed by atoms with van der Waals surface area (Å²) in [6.07, 6.45) is -0.791. The summed E-state index contributed by atoms with van der Waals surface area (Å²) in [4.78, 5) is 37.3. The number of aryl methyl sites for hydroxylation is 1. The van der Waals surface area contributed by atoms with Gasteiger partial charge in [0.2, 0.25) is 5.91 Å². The standard InChI is InChI=1S/C21H24N2O5/c1-14-5-9-17(10-6-14)22-19(24)13-23(3)20(25)15(2)28-18-11-7-16(8-12-18)21(26)27-4/h5-12,15H,13H2,1-4H3,(H,22,24)/t15-/m0/s1. The molecular weight excluding hydrogens is 360 g/mol. The fraction of sp³-hybridized carbons (Fsp3) is 0.286. The molecule has 0 radical (unpaired) electrons. The number of ether oxygens (including phenoxy) is 2. The number of nitrogens with one attached hydrogen (secondary N) is 1. The Bertz CT molecular complexity index is 831. The Balaban J connectivity index is 1.88. The van der Waals surface area contributed by atoms with E-state index in [0.29, 0.717) is 17.0 Å². The molecule has 7 heteroatoms. The number of esters is 1. The van der Waals surface area contributed by atoms with E-state index in [0.717, 1.165) is 5.56 Å². The van der Waals surface area contributed by atoms with Crippen molar-refractivity contribution in [2.75, 3.05) is 26.0 Å². The zero-order chi connectivity index (χ0) is 20.7. The maximum atomic E-state index is 12.4. The van der Waals surface area contributed by atoms with Gasteiger partial charge in [0.1, 0.15) is 5.75 Å². The SMILES string of the molecule is COC(=O)c1ccc(O[C@@H](C)C(=O)N(C)CC(=O)Nc2ccc(C)cc2)cc1. The Morgan fingerprint density at radius 2 is 1.64 bits per heavy atom. The van der Waals surface area contributed by atoms with Gasteiger partial charge in [0.05, 0.1) is 19.2 Å². The van der Waals surface area contributed by atoms with Gasteiger partial charge in [-0.25, -0.2) is 4.79 Å². The molecule has 2 aromatic rings. The summed E-state index contributed by atoms with van der Waals surface area (Å²) in [5.74, 6) is -0.647. The molecule has 1 atom stereocenters. The quantitative estimate of drug-likeness (QED) is 0.742. The number of hydrogen-bond acceptors (Lipinski definition) is 5. The monoisotopic (exact) mass is 384 g/mol. The number of rotatable bonds is 7. The second-order valence-electron chi connectivity index (χ2n) is 6.38. The average molecular weight is 384 g/mol. The van der Waals surface area contributed by atoms with Crippen LogP contribution in [0.1, 0.15) is 22.8 Å². The highest BCUT2D eigenvalue weighted by Crippen LogP contribution is 2.15. The summed E-state index contributed by atoms with van der Waals surface area (Å²) in [5, 5.41) is 2.75. The third kappa shape index (κ3) is 5.84. The molecule has 7 nitrogen and oxygen atoms in total. The maximum absolute atomic E-state index is 12.4. The minimum Gasteiger partial charge on any atom is -0.481 e. The van der Waals surface area contributed by atoms with Gasteiger partial charge in [-0.15, -0.1) is 0 Å². The lowest BCUT2D eigenvalue weighted by Crippen LogP contribution is -2.41. The number of carbonyl (C=O) groups excluding carboxylic acids is 3. The van der Waals surface area contributed by atoms with Gasteiger partial charge in [0.25, 0.3) is 5.91 Å². The second kappa shape index (κ2) is 9.55. The van der Waals surface area contributed by atoms with Crippen LogP contribution in [-0.4, -0.2) is 49.5 Å². The third-order valence-electron chi connectivity index (χ3n) is 4.03. The first-order valence-corrected chi connectivity index (χ1v) is 8.76. The summed E-state index contributed by atoms with van der Waals surface area (Å²) >= 11 is 0. The topological polar surface area (TPSA) is 84.9 Å². The number of amides is 2. The van der Waals surface area contributed by atoms with Crippen LogP contribution >= 0.6 is 0 Å². The minimum atomic E-state index is -0.791. The van der Waals surface area contributed by atoms with Crippen molar-refractivity contribution in [1.82, 2.24) is 4.90 Å². The van der Waals surface area contributed by atoms with Crippen LogP contribution in [-0.2, 0) is 14.3 Å². The Morgan fingerprint density at radius 1 is 1.04 bits per heavy atom. The van der Waals surface area contributed by atoms with E-state index in [2.05, 4.69) is 10.1 Å². The summed E-state index contributed by atoms with van der Waals surface area (Å²) in [7, 11) is 2.84. The molecule has 148 valence electrons. The second-order valence-corrected chi connectivity index (χ2v) is 6.38. The van der Waals surface area contributed by atoms with E-state index in [9.17, 15) is 14.4 Å². The number of benzene rings is 2. The maximum Gasteiger partial charge on any atom is 0.337 e. The molecule has 0 unspecified atom stereocenters. The molecule has 0 aliphatic carbocycles. The van der Waals surface area contributed by atoms with Crippen LogP contribution in [0.3, 0.4) is 0 Å². The molecule has 0 aromatic heterocycles. The average Bonchev–Trinajstić information content (AvgIpc) is 2.68. The molecule has 28 heavy (non-hydrogen) atoms. The number of hydrogen-bond donors (Lipinski definition) is 1. The van der Waals surface area contributed by atoms with Crippen LogP contribution in [0.4, 0.5) is 5.69 Å². The van der Waals surface area contributed by atoms with Gasteiger partial charge in [-0.2, -0.15) is 0 Å². The number of methoxy groups -OCH3 is 1. The van der Waals surface area contributed by atoms with Crippen molar-refractivity contribution in [3.8, 4) is 5.75 Å². The largest absolute Gasteiger partial charge is 0.481 e. The van der Waals surface area contributed by atoms with Crippen LogP contribution in [0.5, 0.6) is 5.75 Å². The van der Waals surface area contributed by atoms with Crippen molar-refractivity contribution in [3.05, 3.63) is 59.7 Å². The molecule has 0 aliphatic rings. The van der Waals surface area contributed by atoms with Crippen LogP contribution in [0.2, 0.25) is 0 Å². The molecule has 2 rings (SSSR count). The summed E-state index contributed by atoms with van der Waals surface area (Å²) in [6, 6.07) is 13.7. The summed E-state index contributed by atoms with van der Waals surface area (Å²) in [5.41, 5.74) is 2.15. The van der Waals surface area contributed by atoms with Crippen LogP contribution in [0, 0.1) is 6.92 Å². The van der Waals surface area contributed by atoms with Gasteiger partial charge in [-0.05, 0) is 50.2 Å². The number of likely N-dealkylation sites (N-methyl/N-ethyl adjacent to an activating group) is 1. The van der Waals surface area contributed by atoms with Crippen molar-refractivity contribution < 1.29 is 23.9 Å². The van der Waals surface area contributed by atoms with E-state index < -0.39 is 12.1 Å². The van der Waals surface area contributed by atoms with E-state index in [4.69, 9.17) is 4.74 Å². The highest BCUT2D eigenvalue weighted by Gasteiger charge is 2.21. The van der Waals surface area contributed by atoms with E-state index in [-0.39, 0.29) is 18.4 Å². The molecule has 2 amide bonds. The number of anilines is 1. The fourth-order valence-electron chi connectivity index (χ4n) is 2.48. The Kier molecular flexibility index (Phi) is 7.14. The van der Waals surface area contributed by atoms with Crippen molar-refractivity contribution in [2.24, 2.45) is 0 Å². The first-order chi connectivity index (χ1) is 13.3. The molecule has 0 spiro atoms. The molecule has 2 aromatic carbocycles. The fourth-order valence-corrected chi connectivity index (χ4v) is 2.48. The third-order valence-corrected chi connectivity index (χ3v) is 4.03. The van der Waals surface area contributed by atoms with Gasteiger partial charge >= 0.3 is 5.97 Å². The zero-order valence-electron chi connectivity index (χ0n) is 16.4. The van der Waals surface area contributed by atoms with Gasteiger partial charge in [-0.3, -0.25) is 9.59 Å². The van der Waals surface area contributed by atoms with E-state index in [1.807, 2.05) is 19.1 Å². The summed E-state index contributed by atoms with van der Waals surface area (Å²) in [6.45, 7) is 3.47. The smallest absolute Gasteiger partial charge is 0.337 e. The normalized spacial score (nSPS) is 11.3. The highest BCUT2D eigenvalue weighted by atomic mass is 16.5. The van der Waals surface area contributed by atoms with Gasteiger partial charge < -0.3 is 19.7 Å². The predicted molar refractivity (Wildman–Crippen MR) is 105 cm³/mol. The molecule has 0 saturated carbocycles. The summed E-state index contributed by atoms with van der Waals surface area (Å²) < 4.78 is 10.2. The van der Waals surface area contributed by atoms with Crippen LogP contribution in [0.25, 0.3) is 0 Å². The highest BCUT2D eigenvalue weighted by molar-refractivity contribution is 5.95. The minimum absolute atomic E-state index is 0.0955. The molecule has 0 fully saturated rings. The van der Waals surface area contributed by atoms with Crippen LogP contribution < -0.4 is 10.1 Å². The van der Waals surface area contributed by atoms with Crippen LogP contribution in [0.15, 0.2) is 48.5 Å². The van der Waals surface area contributed by atoms with Gasteiger partial charge in [-0.1, -0.05) is 17.7 Å². The molecule has 1 N–H and O–H groups in total. The van der Waals surface area contributed by atoms with Gasteiger partial charge in [0, 0.05) is 12.7 Å². The molecule has 0 saturated heterocycles. The lowest BCUT2D eigenvalue weighted by molar-refractivity contribution is -0.139. The van der Waals surface area contributed by atoms with Crippen molar-refractivity contribution in [3.63, 3.8) is 0 Å². The Labute approximate surface area is 164 Å². The van der Waals surface area contributed by atoms with Gasteiger partial charge in [0.15, 0.2) is 6.10 Å². The lowest BCUT2D eigenvalue weighted by Gasteiger charge is -2.22.